The number of rotatable bonds is 11. The Morgan fingerprint density at radius 3 is 2.17 bits per heavy atom. The molecule has 4 aromatic carbocycles. The van der Waals surface area contributed by atoms with Crippen molar-refractivity contribution in [2.45, 2.75) is 19.5 Å². The monoisotopic (exact) mass is 620 g/mol. The van der Waals surface area contributed by atoms with Gasteiger partial charge in [-0.05, 0) is 66.6 Å². The molecule has 236 valence electrons. The lowest BCUT2D eigenvalue weighted by Gasteiger charge is -2.33. The molecule has 4 aromatic rings. The van der Waals surface area contributed by atoms with Crippen LogP contribution in [0.2, 0.25) is 0 Å². The van der Waals surface area contributed by atoms with E-state index in [0.717, 1.165) is 16.8 Å². The van der Waals surface area contributed by atoms with Crippen molar-refractivity contribution in [1.82, 2.24) is 4.90 Å². The third-order valence-electron chi connectivity index (χ3n) is 7.90. The second-order valence-corrected chi connectivity index (χ2v) is 11.2. The Hall–Kier alpha value is -5.64. The number of ether oxygens (including phenoxy) is 2. The van der Waals surface area contributed by atoms with Gasteiger partial charge in [0.2, 0.25) is 5.91 Å². The van der Waals surface area contributed by atoms with Gasteiger partial charge in [0.25, 0.3) is 17.6 Å². The van der Waals surface area contributed by atoms with E-state index in [9.17, 15) is 19.2 Å². The number of anilines is 3. The van der Waals surface area contributed by atoms with Gasteiger partial charge < -0.3 is 24.6 Å². The molecule has 0 radical (unpaired) electrons. The van der Waals surface area contributed by atoms with Crippen LogP contribution < -0.4 is 24.6 Å². The van der Waals surface area contributed by atoms with Crippen molar-refractivity contribution < 1.29 is 28.7 Å². The number of amides is 3. The van der Waals surface area contributed by atoms with E-state index in [4.69, 9.17) is 9.47 Å². The van der Waals surface area contributed by atoms with Crippen molar-refractivity contribution in [2.75, 3.05) is 50.0 Å². The van der Waals surface area contributed by atoms with E-state index in [1.54, 1.807) is 54.6 Å². The summed E-state index contributed by atoms with van der Waals surface area (Å²) < 4.78 is 11.0. The van der Waals surface area contributed by atoms with E-state index in [2.05, 4.69) is 5.32 Å². The Bertz CT molecular complexity index is 1770. The third-order valence-corrected chi connectivity index (χ3v) is 7.90. The van der Waals surface area contributed by atoms with Crippen molar-refractivity contribution in [3.05, 3.63) is 113 Å². The average molecular weight is 621 g/mol. The summed E-state index contributed by atoms with van der Waals surface area (Å²) in [5.74, 6) is -1.64. The van der Waals surface area contributed by atoms with E-state index in [-0.39, 0.29) is 12.1 Å². The lowest BCUT2D eigenvalue weighted by Crippen LogP contribution is -2.46. The highest BCUT2D eigenvalue weighted by atomic mass is 16.5. The number of carbonyl (C=O) groups is 4. The number of nitrogens with one attached hydrogen (secondary N) is 1. The minimum Gasteiger partial charge on any atom is -0.493 e. The lowest BCUT2D eigenvalue weighted by molar-refractivity contribution is -0.139. The molecule has 1 atom stereocenters. The molecule has 0 bridgehead atoms. The number of hydrogen-bond acceptors (Lipinski definition) is 7. The summed E-state index contributed by atoms with van der Waals surface area (Å²) in [5.41, 5.74) is 4.36. The van der Waals surface area contributed by atoms with Crippen LogP contribution in [-0.4, -0.2) is 63.3 Å². The highest BCUT2D eigenvalue weighted by molar-refractivity contribution is 6.52. The van der Waals surface area contributed by atoms with Crippen LogP contribution in [0.4, 0.5) is 17.1 Å². The number of Topliss-reactive ketones (excluding diaryl/α,β-unsaturated/α-hetero) is 1. The molecule has 1 N–H and O–H groups in total. The molecule has 0 fully saturated rings. The summed E-state index contributed by atoms with van der Waals surface area (Å²) in [6.45, 7) is 1.56. The maximum Gasteiger partial charge on any atom is 0.299 e. The van der Waals surface area contributed by atoms with Gasteiger partial charge in [0.15, 0.2) is 11.5 Å². The Morgan fingerprint density at radius 2 is 1.52 bits per heavy atom. The van der Waals surface area contributed by atoms with Crippen molar-refractivity contribution in [1.29, 1.82) is 0 Å². The number of hydrogen-bond donors (Lipinski definition) is 1. The molecule has 0 saturated carbocycles. The maximum atomic E-state index is 14.4. The van der Waals surface area contributed by atoms with Gasteiger partial charge in [-0.3, -0.25) is 24.1 Å². The fourth-order valence-corrected chi connectivity index (χ4v) is 5.39. The minimum absolute atomic E-state index is 0.0444. The van der Waals surface area contributed by atoms with Gasteiger partial charge in [-0.15, -0.1) is 0 Å². The minimum atomic E-state index is -1.16. The normalized spacial score (nSPS) is 12.8. The summed E-state index contributed by atoms with van der Waals surface area (Å²) in [4.78, 5) is 59.0. The molecule has 10 heteroatoms. The Kier molecular flexibility index (Phi) is 9.37. The molecule has 0 aliphatic carbocycles. The van der Waals surface area contributed by atoms with Crippen LogP contribution in [-0.2, 0) is 20.9 Å². The quantitative estimate of drug-likeness (QED) is 0.235. The first-order valence-corrected chi connectivity index (χ1v) is 14.7. The Balaban J connectivity index is 1.58. The highest BCUT2D eigenvalue weighted by Gasteiger charge is 2.39. The molecular weight excluding hydrogens is 584 g/mol. The van der Waals surface area contributed by atoms with E-state index in [0.29, 0.717) is 28.4 Å². The van der Waals surface area contributed by atoms with Gasteiger partial charge in [-0.25, -0.2) is 0 Å². The predicted octanol–water partition coefficient (Wildman–Crippen LogP) is 5.02. The summed E-state index contributed by atoms with van der Waals surface area (Å²) >= 11 is 0. The van der Waals surface area contributed by atoms with Gasteiger partial charge in [0.05, 0.1) is 25.5 Å². The Morgan fingerprint density at radius 1 is 0.848 bits per heavy atom. The molecule has 5 rings (SSSR count). The van der Waals surface area contributed by atoms with Crippen molar-refractivity contribution in [3.63, 3.8) is 0 Å². The molecule has 1 aliphatic heterocycles. The molecule has 10 nitrogen and oxygen atoms in total. The number of ketones is 1. The number of nitrogens with zero attached hydrogens (tertiary/aromatic N) is 3. The van der Waals surface area contributed by atoms with Crippen molar-refractivity contribution in [2.24, 2.45) is 0 Å². The first-order chi connectivity index (χ1) is 22.1. The molecule has 0 aromatic heterocycles. The van der Waals surface area contributed by atoms with E-state index < -0.39 is 36.1 Å². The highest BCUT2D eigenvalue weighted by Crippen LogP contribution is 2.35. The third kappa shape index (κ3) is 6.56. The van der Waals surface area contributed by atoms with E-state index in [1.165, 1.54) is 24.0 Å². The van der Waals surface area contributed by atoms with Crippen LogP contribution >= 0.6 is 0 Å². The summed E-state index contributed by atoms with van der Waals surface area (Å²) in [6, 6.07) is 25.4. The van der Waals surface area contributed by atoms with Gasteiger partial charge in [0.1, 0.15) is 12.6 Å². The molecule has 0 saturated heterocycles. The summed E-state index contributed by atoms with van der Waals surface area (Å²) in [5, 5.41) is 2.97. The maximum absolute atomic E-state index is 14.4. The molecule has 0 spiro atoms. The van der Waals surface area contributed by atoms with Crippen LogP contribution in [0, 0.1) is 6.92 Å². The second-order valence-electron chi connectivity index (χ2n) is 11.2. The summed E-state index contributed by atoms with van der Waals surface area (Å²) in [6.07, 6.45) is 0. The predicted molar refractivity (Wildman–Crippen MR) is 177 cm³/mol. The van der Waals surface area contributed by atoms with Crippen LogP contribution in [0.1, 0.15) is 33.1 Å². The van der Waals surface area contributed by atoms with Crippen LogP contribution in [0.3, 0.4) is 0 Å². The first-order valence-electron chi connectivity index (χ1n) is 14.7. The smallest absolute Gasteiger partial charge is 0.299 e. The van der Waals surface area contributed by atoms with Gasteiger partial charge in [-0.1, -0.05) is 48.0 Å². The zero-order chi connectivity index (χ0) is 33.0. The number of fused-ring (bicyclic) bond motifs is 1. The number of methoxy groups -OCH3 is 2. The summed E-state index contributed by atoms with van der Waals surface area (Å²) in [7, 11) is 6.85. The van der Waals surface area contributed by atoms with Crippen LogP contribution in [0.15, 0.2) is 91.0 Å². The molecule has 3 amide bonds. The van der Waals surface area contributed by atoms with Crippen LogP contribution in [0.5, 0.6) is 11.5 Å². The second kappa shape index (κ2) is 13.6. The zero-order valence-corrected chi connectivity index (χ0v) is 26.4. The molecular formula is C36H36N4O6. The van der Waals surface area contributed by atoms with Gasteiger partial charge in [0, 0.05) is 32.0 Å². The largest absolute Gasteiger partial charge is 0.493 e. The molecule has 1 unspecified atom stereocenters. The van der Waals surface area contributed by atoms with Gasteiger partial charge >= 0.3 is 0 Å². The number of carbonyl (C=O) groups excluding carboxylic acids is 4. The Labute approximate surface area is 268 Å². The topological polar surface area (TPSA) is 108 Å². The lowest BCUT2D eigenvalue weighted by atomic mass is 10.0. The van der Waals surface area contributed by atoms with E-state index in [1.807, 2.05) is 62.3 Å². The van der Waals surface area contributed by atoms with Gasteiger partial charge in [-0.2, -0.15) is 0 Å². The standard InChI is InChI=1S/C36H36N4O6/c1-23-10-12-24(13-11-23)21-40(32(41)22-39-29-9-7-6-8-28(29)34(42)36(39)44)33(25-14-19-30(45-4)31(20-25)46-5)35(43)37-26-15-17-27(18-16-26)38(2)3/h6-20,33H,21-22H2,1-5H3,(H,37,43). The number of benzene rings is 4. The SMILES string of the molecule is COc1ccc(C(C(=O)Nc2ccc(N(C)C)cc2)N(Cc2ccc(C)cc2)C(=O)CN2C(=O)C(=O)c3ccccc32)cc1OC. The molecule has 1 aliphatic rings. The molecule has 1 heterocycles. The number of para-hydroxylation sites is 1. The van der Waals surface area contributed by atoms with Crippen molar-refractivity contribution >= 4 is 40.6 Å². The average Bonchev–Trinajstić information content (AvgIpc) is 3.30. The number of aryl methyl sites for hydroxylation is 1. The first kappa shape index (κ1) is 31.8. The van der Waals surface area contributed by atoms with Crippen molar-refractivity contribution in [3.8, 4) is 11.5 Å². The molecule has 46 heavy (non-hydrogen) atoms. The fourth-order valence-electron chi connectivity index (χ4n) is 5.39. The zero-order valence-electron chi connectivity index (χ0n) is 26.4. The van der Waals surface area contributed by atoms with E-state index >= 15 is 0 Å². The van der Waals surface area contributed by atoms with Crippen LogP contribution in [0.25, 0.3) is 0 Å². The fraction of sp³-hybridized carbons (Fsp3) is 0.222.